The molecule has 0 radical (unpaired) electrons. The Morgan fingerprint density at radius 2 is 1.68 bits per heavy atom. The molecule has 0 saturated heterocycles. The van der Waals surface area contributed by atoms with E-state index in [1.807, 2.05) is 31.2 Å². The molecule has 22 heavy (non-hydrogen) atoms. The van der Waals surface area contributed by atoms with Crippen molar-refractivity contribution in [3.05, 3.63) is 63.7 Å². The predicted octanol–water partition coefficient (Wildman–Crippen LogP) is 5.34. The van der Waals surface area contributed by atoms with Gasteiger partial charge < -0.3 is 4.74 Å². The van der Waals surface area contributed by atoms with E-state index in [0.29, 0.717) is 18.1 Å². The maximum atomic E-state index is 9.34. The van der Waals surface area contributed by atoms with Crippen LogP contribution in [-0.4, -0.2) is 6.61 Å². The van der Waals surface area contributed by atoms with Crippen molar-refractivity contribution >= 4 is 11.6 Å². The molecule has 0 amide bonds. The van der Waals surface area contributed by atoms with Gasteiger partial charge in [0.05, 0.1) is 18.6 Å². The van der Waals surface area contributed by atoms with Crippen molar-refractivity contribution in [1.82, 2.24) is 0 Å². The maximum Gasteiger partial charge on any atom is 0.122 e. The highest BCUT2D eigenvalue weighted by Gasteiger charge is 2.11. The van der Waals surface area contributed by atoms with E-state index in [1.165, 1.54) is 11.1 Å². The van der Waals surface area contributed by atoms with Crippen molar-refractivity contribution in [2.45, 2.75) is 33.1 Å². The topological polar surface area (TPSA) is 33.0 Å². The lowest BCUT2D eigenvalue weighted by Crippen LogP contribution is -2.05. The number of halogens is 1. The van der Waals surface area contributed by atoms with Crippen molar-refractivity contribution in [1.29, 1.82) is 5.26 Å². The third-order valence-corrected chi connectivity index (χ3v) is 4.14. The second-order valence-electron chi connectivity index (χ2n) is 5.57. The highest BCUT2D eigenvalue weighted by atomic mass is 35.5. The van der Waals surface area contributed by atoms with E-state index in [1.54, 1.807) is 0 Å². The normalized spacial score (nSPS) is 11.8. The Labute approximate surface area is 137 Å². The van der Waals surface area contributed by atoms with E-state index in [4.69, 9.17) is 16.3 Å². The summed E-state index contributed by atoms with van der Waals surface area (Å²) < 4.78 is 5.87. The van der Waals surface area contributed by atoms with E-state index >= 15 is 0 Å². The summed E-state index contributed by atoms with van der Waals surface area (Å²) in [7, 11) is 0. The molecule has 0 fully saturated rings. The summed E-state index contributed by atoms with van der Waals surface area (Å²) in [6.07, 6.45) is 0.657. The minimum absolute atomic E-state index is 0.177. The summed E-state index contributed by atoms with van der Waals surface area (Å²) in [5.41, 5.74) is 4.59. The maximum absolute atomic E-state index is 9.34. The van der Waals surface area contributed by atoms with Crippen molar-refractivity contribution in [2.24, 2.45) is 0 Å². The first-order chi connectivity index (χ1) is 10.5. The van der Waals surface area contributed by atoms with Gasteiger partial charge in [-0.15, -0.1) is 0 Å². The first-order valence-electron chi connectivity index (χ1n) is 7.37. The van der Waals surface area contributed by atoms with Gasteiger partial charge in [-0.1, -0.05) is 29.8 Å². The molecule has 0 saturated carbocycles. The molecule has 1 atom stereocenters. The standard InChI is InChI=1S/C19H20ClNO/c1-13-10-15(3)19(11-14(13)2)22-9-8-17(12-21)16-4-6-18(20)7-5-16/h4-7,10-11,17H,8-9H2,1-3H3. The van der Waals surface area contributed by atoms with Crippen molar-refractivity contribution in [2.75, 3.05) is 6.61 Å². The Morgan fingerprint density at radius 3 is 2.32 bits per heavy atom. The lowest BCUT2D eigenvalue weighted by atomic mass is 9.98. The zero-order chi connectivity index (χ0) is 16.1. The van der Waals surface area contributed by atoms with Crippen molar-refractivity contribution < 1.29 is 4.74 Å². The van der Waals surface area contributed by atoms with Crippen LogP contribution in [0.5, 0.6) is 5.75 Å². The van der Waals surface area contributed by atoms with Gasteiger partial charge in [0, 0.05) is 11.4 Å². The van der Waals surface area contributed by atoms with Crippen LogP contribution in [0.1, 0.15) is 34.6 Å². The van der Waals surface area contributed by atoms with Crippen LogP contribution < -0.4 is 4.74 Å². The first-order valence-corrected chi connectivity index (χ1v) is 7.75. The van der Waals surface area contributed by atoms with Crippen molar-refractivity contribution in [3.63, 3.8) is 0 Å². The molecule has 0 aromatic heterocycles. The highest BCUT2D eigenvalue weighted by molar-refractivity contribution is 6.30. The molecule has 3 heteroatoms. The lowest BCUT2D eigenvalue weighted by molar-refractivity contribution is 0.303. The quantitative estimate of drug-likeness (QED) is 0.746. The third kappa shape index (κ3) is 4.02. The molecular weight excluding hydrogens is 294 g/mol. The minimum atomic E-state index is -0.177. The molecule has 0 heterocycles. The smallest absolute Gasteiger partial charge is 0.122 e. The summed E-state index contributed by atoms with van der Waals surface area (Å²) in [5.74, 6) is 0.722. The average Bonchev–Trinajstić information content (AvgIpc) is 2.50. The monoisotopic (exact) mass is 313 g/mol. The second kappa shape index (κ2) is 7.33. The number of hydrogen-bond donors (Lipinski definition) is 0. The summed E-state index contributed by atoms with van der Waals surface area (Å²) >= 11 is 5.88. The fourth-order valence-corrected chi connectivity index (χ4v) is 2.50. The van der Waals surface area contributed by atoms with Crippen molar-refractivity contribution in [3.8, 4) is 11.8 Å². The summed E-state index contributed by atoms with van der Waals surface area (Å²) in [5, 5.41) is 10.0. The van der Waals surface area contributed by atoms with Gasteiger partial charge in [-0.25, -0.2) is 0 Å². The largest absolute Gasteiger partial charge is 0.493 e. The molecule has 2 aromatic rings. The van der Waals surface area contributed by atoms with E-state index < -0.39 is 0 Å². The Hall–Kier alpha value is -1.98. The van der Waals surface area contributed by atoms with Crippen LogP contribution in [-0.2, 0) is 0 Å². The fraction of sp³-hybridized carbons (Fsp3) is 0.316. The number of nitriles is 1. The number of aryl methyl sites for hydroxylation is 3. The highest BCUT2D eigenvalue weighted by Crippen LogP contribution is 2.25. The van der Waals surface area contributed by atoms with Gasteiger partial charge in [0.2, 0.25) is 0 Å². The molecule has 0 spiro atoms. The van der Waals surface area contributed by atoms with Crippen LogP contribution in [0.4, 0.5) is 0 Å². The van der Waals surface area contributed by atoms with E-state index in [0.717, 1.165) is 16.9 Å². The van der Waals surface area contributed by atoms with Crippen LogP contribution in [0.3, 0.4) is 0 Å². The SMILES string of the molecule is Cc1cc(C)c(OCCC(C#N)c2ccc(Cl)cc2)cc1C. The van der Waals surface area contributed by atoms with Gasteiger partial charge in [0.25, 0.3) is 0 Å². The Morgan fingerprint density at radius 1 is 1.05 bits per heavy atom. The lowest BCUT2D eigenvalue weighted by Gasteiger charge is -2.14. The molecular formula is C19H20ClNO. The molecule has 1 unspecified atom stereocenters. The number of benzene rings is 2. The zero-order valence-corrected chi connectivity index (χ0v) is 13.9. The molecule has 114 valence electrons. The summed E-state index contributed by atoms with van der Waals surface area (Å²) in [6.45, 7) is 6.73. The van der Waals surface area contributed by atoms with E-state index in [-0.39, 0.29) is 5.92 Å². The Kier molecular flexibility index (Phi) is 5.46. The number of nitrogens with zero attached hydrogens (tertiary/aromatic N) is 1. The first kappa shape index (κ1) is 16.4. The van der Waals surface area contributed by atoms with E-state index in [9.17, 15) is 5.26 Å². The second-order valence-corrected chi connectivity index (χ2v) is 6.01. The van der Waals surface area contributed by atoms with Gasteiger partial charge in [0.15, 0.2) is 0 Å². The zero-order valence-electron chi connectivity index (χ0n) is 13.2. The Balaban J connectivity index is 1.99. The van der Waals surface area contributed by atoms with Crippen LogP contribution in [0.2, 0.25) is 5.02 Å². The van der Waals surface area contributed by atoms with E-state index in [2.05, 4.69) is 32.0 Å². The van der Waals surface area contributed by atoms with Crippen LogP contribution in [0.15, 0.2) is 36.4 Å². The number of ether oxygens (including phenoxy) is 1. The molecule has 0 aliphatic heterocycles. The molecule has 0 bridgehead atoms. The average molecular weight is 314 g/mol. The van der Waals surface area contributed by atoms with Gasteiger partial charge in [0.1, 0.15) is 5.75 Å². The van der Waals surface area contributed by atoms with Crippen LogP contribution in [0, 0.1) is 32.1 Å². The van der Waals surface area contributed by atoms with Gasteiger partial charge in [-0.05, 0) is 61.2 Å². The Bertz CT molecular complexity index is 686. The van der Waals surface area contributed by atoms with Gasteiger partial charge >= 0.3 is 0 Å². The number of rotatable bonds is 5. The number of hydrogen-bond acceptors (Lipinski definition) is 2. The molecule has 0 N–H and O–H groups in total. The molecule has 2 aromatic carbocycles. The molecule has 0 aliphatic rings. The molecule has 0 aliphatic carbocycles. The van der Waals surface area contributed by atoms with Crippen LogP contribution >= 0.6 is 11.6 Å². The van der Waals surface area contributed by atoms with Gasteiger partial charge in [-0.3, -0.25) is 0 Å². The molecule has 2 nitrogen and oxygen atoms in total. The fourth-order valence-electron chi connectivity index (χ4n) is 2.38. The summed E-state index contributed by atoms with van der Waals surface area (Å²) in [4.78, 5) is 0. The third-order valence-electron chi connectivity index (χ3n) is 3.88. The summed E-state index contributed by atoms with van der Waals surface area (Å²) in [6, 6.07) is 14.0. The molecule has 2 rings (SSSR count). The van der Waals surface area contributed by atoms with Crippen LogP contribution in [0.25, 0.3) is 0 Å². The van der Waals surface area contributed by atoms with Gasteiger partial charge in [-0.2, -0.15) is 5.26 Å². The minimum Gasteiger partial charge on any atom is -0.493 e. The predicted molar refractivity (Wildman–Crippen MR) is 90.6 cm³/mol.